The van der Waals surface area contributed by atoms with E-state index in [0.29, 0.717) is 36.9 Å². The van der Waals surface area contributed by atoms with Crippen molar-refractivity contribution >= 4 is 17.4 Å². The molecule has 0 bridgehead atoms. The van der Waals surface area contributed by atoms with Crippen LogP contribution in [0.4, 0.5) is 16.2 Å². The molecule has 1 N–H and O–H groups in total. The van der Waals surface area contributed by atoms with Crippen molar-refractivity contribution in [2.24, 2.45) is 5.92 Å². The molecule has 1 atom stereocenters. The van der Waals surface area contributed by atoms with Crippen molar-refractivity contribution in [2.45, 2.75) is 26.7 Å². The second-order valence-corrected chi connectivity index (χ2v) is 6.00. The zero-order valence-electron chi connectivity index (χ0n) is 13.8. The molecule has 2 amide bonds. The Morgan fingerprint density at radius 1 is 1.48 bits per heavy atom. The van der Waals surface area contributed by atoms with E-state index in [-0.39, 0.29) is 11.7 Å². The normalized spacial score (nSPS) is 17.9. The zero-order valence-corrected chi connectivity index (χ0v) is 13.8. The number of nitro benzene ring substituents is 1. The van der Waals surface area contributed by atoms with Crippen LogP contribution in [0.2, 0.25) is 0 Å². The van der Waals surface area contributed by atoms with E-state index in [1.54, 1.807) is 25.0 Å². The molecule has 1 heterocycles. The molecule has 7 nitrogen and oxygen atoms in total. The number of hydrogen-bond acceptors (Lipinski definition) is 4. The first-order valence-electron chi connectivity index (χ1n) is 7.73. The molecule has 7 heteroatoms. The van der Waals surface area contributed by atoms with E-state index < -0.39 is 4.92 Å². The minimum absolute atomic E-state index is 0.0156. The Morgan fingerprint density at radius 2 is 2.22 bits per heavy atom. The van der Waals surface area contributed by atoms with Crippen molar-refractivity contribution in [1.29, 1.82) is 0 Å². The summed E-state index contributed by atoms with van der Waals surface area (Å²) in [5, 5.41) is 13.9. The highest BCUT2D eigenvalue weighted by Crippen LogP contribution is 2.29. The number of benzene rings is 1. The summed E-state index contributed by atoms with van der Waals surface area (Å²) in [4.78, 5) is 24.9. The highest BCUT2D eigenvalue weighted by Gasteiger charge is 2.25. The molecule has 0 spiro atoms. The predicted molar refractivity (Wildman–Crippen MR) is 87.8 cm³/mol. The molecule has 0 saturated carbocycles. The van der Waals surface area contributed by atoms with E-state index >= 15 is 0 Å². The predicted octanol–water partition coefficient (Wildman–Crippen LogP) is 3.10. The van der Waals surface area contributed by atoms with Crippen LogP contribution in [0, 0.1) is 29.9 Å². The molecule has 1 aliphatic rings. The molecule has 23 heavy (non-hydrogen) atoms. The van der Waals surface area contributed by atoms with Gasteiger partial charge in [-0.15, -0.1) is 0 Å². The molecule has 1 aromatic carbocycles. The van der Waals surface area contributed by atoms with Gasteiger partial charge in [0.2, 0.25) is 0 Å². The molecule has 1 unspecified atom stereocenters. The first-order valence-corrected chi connectivity index (χ1v) is 7.73. The van der Waals surface area contributed by atoms with E-state index in [0.717, 1.165) is 18.4 Å². The van der Waals surface area contributed by atoms with E-state index in [1.165, 1.54) is 6.07 Å². The summed E-state index contributed by atoms with van der Waals surface area (Å²) in [7, 11) is 1.66. The number of nitrogens with zero attached hydrogens (tertiary/aromatic N) is 2. The van der Waals surface area contributed by atoms with Gasteiger partial charge in [0.05, 0.1) is 22.8 Å². The average molecular weight is 321 g/mol. The largest absolute Gasteiger partial charge is 0.384 e. The van der Waals surface area contributed by atoms with E-state index in [1.807, 2.05) is 6.92 Å². The Bertz CT molecular complexity index is 601. The van der Waals surface area contributed by atoms with Gasteiger partial charge in [0, 0.05) is 32.2 Å². The summed E-state index contributed by atoms with van der Waals surface area (Å²) in [6.07, 6.45) is 1.99. The molecule has 126 valence electrons. The lowest BCUT2D eigenvalue weighted by Crippen LogP contribution is -2.43. The number of aryl methyl sites for hydroxylation is 1. The van der Waals surface area contributed by atoms with Crippen molar-refractivity contribution < 1.29 is 14.5 Å². The number of amides is 2. The Labute approximate surface area is 135 Å². The molecule has 1 aromatic rings. The third kappa shape index (κ3) is 3.98. The highest BCUT2D eigenvalue weighted by atomic mass is 16.6. The van der Waals surface area contributed by atoms with Gasteiger partial charge in [0.1, 0.15) is 0 Å². The molecular weight excluding hydrogens is 298 g/mol. The number of piperidine rings is 1. The molecule has 1 saturated heterocycles. The Balaban J connectivity index is 2.14. The van der Waals surface area contributed by atoms with Gasteiger partial charge < -0.3 is 15.0 Å². The van der Waals surface area contributed by atoms with Crippen molar-refractivity contribution in [3.8, 4) is 0 Å². The number of carbonyl (C=O) groups excluding carboxylic acids is 1. The Kier molecular flexibility index (Phi) is 5.54. The number of nitro groups is 1. The Hall–Kier alpha value is -2.15. The van der Waals surface area contributed by atoms with Gasteiger partial charge in [-0.25, -0.2) is 4.79 Å². The number of hydrogen-bond donors (Lipinski definition) is 1. The SMILES string of the molecule is COCC1CCCN(C(=O)Nc2c(C)ccc([N+](=O)[O-])c2C)C1. The summed E-state index contributed by atoms with van der Waals surface area (Å²) in [5.41, 5.74) is 1.83. The third-order valence-corrected chi connectivity index (χ3v) is 4.28. The highest BCUT2D eigenvalue weighted by molar-refractivity contribution is 5.92. The molecule has 1 aliphatic heterocycles. The van der Waals surface area contributed by atoms with Crippen LogP contribution in [-0.2, 0) is 4.74 Å². The summed E-state index contributed by atoms with van der Waals surface area (Å²) in [6, 6.07) is 2.91. The van der Waals surface area contributed by atoms with Crippen molar-refractivity contribution in [1.82, 2.24) is 4.90 Å². The van der Waals surface area contributed by atoms with Crippen LogP contribution in [0.25, 0.3) is 0 Å². The van der Waals surface area contributed by atoms with Gasteiger partial charge in [-0.3, -0.25) is 10.1 Å². The van der Waals surface area contributed by atoms with Crippen LogP contribution in [0.15, 0.2) is 12.1 Å². The van der Waals surface area contributed by atoms with E-state index in [9.17, 15) is 14.9 Å². The fraction of sp³-hybridized carbons (Fsp3) is 0.562. The number of anilines is 1. The van der Waals surface area contributed by atoms with Gasteiger partial charge in [0.25, 0.3) is 5.69 Å². The van der Waals surface area contributed by atoms with Gasteiger partial charge >= 0.3 is 6.03 Å². The lowest BCUT2D eigenvalue weighted by molar-refractivity contribution is -0.385. The molecular formula is C16H23N3O4. The van der Waals surface area contributed by atoms with Crippen molar-refractivity contribution in [3.63, 3.8) is 0 Å². The first-order chi connectivity index (χ1) is 10.9. The summed E-state index contributed by atoms with van der Waals surface area (Å²) in [5.74, 6) is 0.340. The standard InChI is InChI=1S/C16H23N3O4/c1-11-6-7-14(19(21)22)12(2)15(11)17-16(20)18-8-4-5-13(9-18)10-23-3/h6-7,13H,4-5,8-10H2,1-3H3,(H,17,20). The quantitative estimate of drug-likeness (QED) is 0.682. The number of nitrogens with one attached hydrogen (secondary N) is 1. The first kappa shape index (κ1) is 17.2. The van der Waals surface area contributed by atoms with Gasteiger partial charge in [-0.05, 0) is 32.3 Å². The molecule has 0 aromatic heterocycles. The van der Waals surface area contributed by atoms with Crippen molar-refractivity contribution in [2.75, 3.05) is 32.1 Å². The topological polar surface area (TPSA) is 84.7 Å². The van der Waals surface area contributed by atoms with Crippen LogP contribution in [0.3, 0.4) is 0 Å². The van der Waals surface area contributed by atoms with Gasteiger partial charge in [0.15, 0.2) is 0 Å². The van der Waals surface area contributed by atoms with Gasteiger partial charge in [-0.2, -0.15) is 0 Å². The maximum Gasteiger partial charge on any atom is 0.321 e. The monoisotopic (exact) mass is 321 g/mol. The fourth-order valence-electron chi connectivity index (χ4n) is 3.03. The molecule has 2 rings (SSSR count). The van der Waals surface area contributed by atoms with Crippen molar-refractivity contribution in [3.05, 3.63) is 33.4 Å². The number of rotatable bonds is 4. The Morgan fingerprint density at radius 3 is 2.87 bits per heavy atom. The van der Waals surface area contributed by atoms with E-state index in [4.69, 9.17) is 4.74 Å². The average Bonchev–Trinajstić information content (AvgIpc) is 2.51. The fourth-order valence-corrected chi connectivity index (χ4v) is 3.03. The molecule has 0 aliphatic carbocycles. The lowest BCUT2D eigenvalue weighted by atomic mass is 9.99. The second-order valence-electron chi connectivity index (χ2n) is 6.00. The number of ether oxygens (including phenoxy) is 1. The van der Waals surface area contributed by atoms with E-state index in [2.05, 4.69) is 5.32 Å². The minimum atomic E-state index is -0.431. The lowest BCUT2D eigenvalue weighted by Gasteiger charge is -2.32. The third-order valence-electron chi connectivity index (χ3n) is 4.28. The number of urea groups is 1. The number of likely N-dealkylation sites (tertiary alicyclic amines) is 1. The molecule has 0 radical (unpaired) electrons. The van der Waals surface area contributed by atoms with Crippen LogP contribution in [0.5, 0.6) is 0 Å². The maximum absolute atomic E-state index is 12.5. The molecule has 1 fully saturated rings. The van der Waals surface area contributed by atoms with Crippen LogP contribution in [-0.4, -0.2) is 42.7 Å². The minimum Gasteiger partial charge on any atom is -0.384 e. The number of carbonyl (C=O) groups is 1. The van der Waals surface area contributed by atoms with Crippen LogP contribution < -0.4 is 5.32 Å². The smallest absolute Gasteiger partial charge is 0.321 e. The van der Waals surface area contributed by atoms with Gasteiger partial charge in [-0.1, -0.05) is 6.07 Å². The maximum atomic E-state index is 12.5. The van der Waals surface area contributed by atoms with Crippen LogP contribution in [0.1, 0.15) is 24.0 Å². The van der Waals surface area contributed by atoms with Crippen LogP contribution >= 0.6 is 0 Å². The zero-order chi connectivity index (χ0) is 17.0. The summed E-state index contributed by atoms with van der Waals surface area (Å²) in [6.45, 7) is 5.46. The summed E-state index contributed by atoms with van der Waals surface area (Å²) < 4.78 is 5.17. The second kappa shape index (κ2) is 7.41. The summed E-state index contributed by atoms with van der Waals surface area (Å²) >= 11 is 0. The number of methoxy groups -OCH3 is 1.